The lowest BCUT2D eigenvalue weighted by Gasteiger charge is -2.25. The molecule has 0 aliphatic carbocycles. The summed E-state index contributed by atoms with van der Waals surface area (Å²) >= 11 is 0. The van der Waals surface area contributed by atoms with E-state index >= 15 is 0 Å². The molecule has 3 nitrogen and oxygen atoms in total. The summed E-state index contributed by atoms with van der Waals surface area (Å²) in [6.45, 7) is 0.986. The molecule has 0 fully saturated rings. The van der Waals surface area contributed by atoms with Crippen LogP contribution in [0.4, 0.5) is 5.82 Å². The molecule has 1 atom stereocenters. The number of nitrogens with one attached hydrogen (secondary N) is 1. The fourth-order valence-corrected chi connectivity index (χ4v) is 2.96. The van der Waals surface area contributed by atoms with Crippen LogP contribution in [0, 0.1) is 0 Å². The summed E-state index contributed by atoms with van der Waals surface area (Å²) in [5.74, 6) is 1.11. The minimum atomic E-state index is 0.319. The van der Waals surface area contributed by atoms with Gasteiger partial charge in [0.1, 0.15) is 5.82 Å². The van der Waals surface area contributed by atoms with Gasteiger partial charge < -0.3 is 5.32 Å². The molecule has 1 aromatic heterocycles. The summed E-state index contributed by atoms with van der Waals surface area (Å²) in [5, 5.41) is 8.29. The summed E-state index contributed by atoms with van der Waals surface area (Å²) in [5.41, 5.74) is 3.51. The van der Waals surface area contributed by atoms with Crippen LogP contribution < -0.4 is 5.32 Å². The molecule has 3 aromatic rings. The first-order valence-corrected chi connectivity index (χ1v) is 7.35. The van der Waals surface area contributed by atoms with Crippen LogP contribution in [0.2, 0.25) is 0 Å². The van der Waals surface area contributed by atoms with Crippen LogP contribution in [0.5, 0.6) is 0 Å². The molecule has 2 heterocycles. The van der Waals surface area contributed by atoms with E-state index in [4.69, 9.17) is 5.10 Å². The van der Waals surface area contributed by atoms with E-state index in [-0.39, 0.29) is 0 Å². The summed E-state index contributed by atoms with van der Waals surface area (Å²) in [6, 6.07) is 23.4. The number of aromatic nitrogens is 2. The second kappa shape index (κ2) is 5.09. The number of anilines is 1. The number of nitrogens with zero attached hydrogens (tertiary/aromatic N) is 2. The first kappa shape index (κ1) is 12.2. The Labute approximate surface area is 124 Å². The Morgan fingerprint density at radius 2 is 1.67 bits per heavy atom. The van der Waals surface area contributed by atoms with Crippen LogP contribution in [0.25, 0.3) is 11.3 Å². The van der Waals surface area contributed by atoms with Crippen LogP contribution in [0.15, 0.2) is 66.7 Å². The molecule has 0 unspecified atom stereocenters. The molecule has 0 bridgehead atoms. The maximum Gasteiger partial charge on any atom is 0.125 e. The van der Waals surface area contributed by atoms with Crippen LogP contribution >= 0.6 is 0 Å². The third-order valence-corrected chi connectivity index (χ3v) is 4.01. The summed E-state index contributed by atoms with van der Waals surface area (Å²) in [6.07, 6.45) is 1.06. The molecular formula is C18H17N3. The number of fused-ring (bicyclic) bond motifs is 1. The SMILES string of the molecule is c1ccc(-c2cc3n(n2)[C@H](c2ccccc2)CCN3)cc1. The molecule has 1 aliphatic rings. The summed E-state index contributed by atoms with van der Waals surface area (Å²) < 4.78 is 2.13. The molecule has 1 N–H and O–H groups in total. The zero-order valence-electron chi connectivity index (χ0n) is 11.7. The highest BCUT2D eigenvalue weighted by molar-refractivity contribution is 5.63. The molecular weight excluding hydrogens is 258 g/mol. The molecule has 0 spiro atoms. The zero-order chi connectivity index (χ0) is 14.1. The van der Waals surface area contributed by atoms with Crippen LogP contribution in [0.3, 0.4) is 0 Å². The number of rotatable bonds is 2. The molecule has 3 heteroatoms. The van der Waals surface area contributed by atoms with Crippen molar-refractivity contribution in [3.8, 4) is 11.3 Å². The van der Waals surface area contributed by atoms with E-state index in [1.807, 2.05) is 6.07 Å². The molecule has 0 radical (unpaired) electrons. The Kier molecular flexibility index (Phi) is 2.96. The molecule has 4 rings (SSSR count). The van der Waals surface area contributed by atoms with Crippen molar-refractivity contribution in [1.29, 1.82) is 0 Å². The highest BCUT2D eigenvalue weighted by Crippen LogP contribution is 2.32. The van der Waals surface area contributed by atoms with E-state index in [9.17, 15) is 0 Å². The third-order valence-electron chi connectivity index (χ3n) is 4.01. The lowest BCUT2D eigenvalue weighted by atomic mass is 10.0. The van der Waals surface area contributed by atoms with E-state index in [0.29, 0.717) is 6.04 Å². The first-order chi connectivity index (χ1) is 10.4. The molecule has 0 amide bonds. The monoisotopic (exact) mass is 275 g/mol. The van der Waals surface area contributed by atoms with Gasteiger partial charge in [0.05, 0.1) is 11.7 Å². The van der Waals surface area contributed by atoms with Gasteiger partial charge in [-0.1, -0.05) is 60.7 Å². The Morgan fingerprint density at radius 3 is 2.43 bits per heavy atom. The summed E-state index contributed by atoms with van der Waals surface area (Å²) in [4.78, 5) is 0. The zero-order valence-corrected chi connectivity index (χ0v) is 11.7. The van der Waals surface area contributed by atoms with E-state index < -0.39 is 0 Å². The van der Waals surface area contributed by atoms with E-state index in [0.717, 1.165) is 30.0 Å². The molecule has 2 aromatic carbocycles. The predicted octanol–water partition coefficient (Wildman–Crippen LogP) is 3.96. The third kappa shape index (κ3) is 2.21. The van der Waals surface area contributed by atoms with Gasteiger partial charge in [-0.2, -0.15) is 5.10 Å². The molecule has 104 valence electrons. The van der Waals surface area contributed by atoms with Gasteiger partial charge in [0.25, 0.3) is 0 Å². The quantitative estimate of drug-likeness (QED) is 0.767. The minimum absolute atomic E-state index is 0.319. The maximum absolute atomic E-state index is 4.83. The highest BCUT2D eigenvalue weighted by Gasteiger charge is 2.23. The first-order valence-electron chi connectivity index (χ1n) is 7.35. The second-order valence-electron chi connectivity index (χ2n) is 5.37. The highest BCUT2D eigenvalue weighted by atomic mass is 15.4. The van der Waals surface area contributed by atoms with Crippen molar-refractivity contribution in [2.75, 3.05) is 11.9 Å². The van der Waals surface area contributed by atoms with E-state index in [1.54, 1.807) is 0 Å². The van der Waals surface area contributed by atoms with Gasteiger partial charge in [0, 0.05) is 18.2 Å². The van der Waals surface area contributed by atoms with Gasteiger partial charge in [-0.25, -0.2) is 4.68 Å². The topological polar surface area (TPSA) is 29.9 Å². The Bertz CT molecular complexity index is 732. The van der Waals surface area contributed by atoms with E-state index in [2.05, 4.69) is 70.7 Å². The molecule has 0 saturated carbocycles. The van der Waals surface area contributed by atoms with Crippen molar-refractivity contribution in [3.63, 3.8) is 0 Å². The Hall–Kier alpha value is -2.55. The average Bonchev–Trinajstić information content (AvgIpc) is 3.00. The van der Waals surface area contributed by atoms with Crippen molar-refractivity contribution in [2.45, 2.75) is 12.5 Å². The Morgan fingerprint density at radius 1 is 0.952 bits per heavy atom. The number of benzene rings is 2. The maximum atomic E-state index is 4.83. The Balaban J connectivity index is 1.77. The molecule has 1 aliphatic heterocycles. The standard InChI is InChI=1S/C18H17N3/c1-3-7-14(8-4-1)16-13-18-19-12-11-17(21(18)20-16)15-9-5-2-6-10-15/h1-10,13,17,19H,11-12H2/t17-/m0/s1. The van der Waals surface area contributed by atoms with Crippen molar-refractivity contribution in [3.05, 3.63) is 72.3 Å². The number of hydrogen-bond donors (Lipinski definition) is 1. The second-order valence-corrected chi connectivity index (χ2v) is 5.37. The van der Waals surface area contributed by atoms with Gasteiger partial charge >= 0.3 is 0 Å². The van der Waals surface area contributed by atoms with Gasteiger partial charge in [-0.15, -0.1) is 0 Å². The van der Waals surface area contributed by atoms with E-state index in [1.165, 1.54) is 5.56 Å². The average molecular weight is 275 g/mol. The largest absolute Gasteiger partial charge is 0.370 e. The van der Waals surface area contributed by atoms with Crippen molar-refractivity contribution in [2.24, 2.45) is 0 Å². The van der Waals surface area contributed by atoms with Crippen molar-refractivity contribution in [1.82, 2.24) is 9.78 Å². The lowest BCUT2D eigenvalue weighted by molar-refractivity contribution is 0.483. The fraction of sp³-hybridized carbons (Fsp3) is 0.167. The van der Waals surface area contributed by atoms with Crippen LogP contribution in [-0.2, 0) is 0 Å². The predicted molar refractivity (Wildman–Crippen MR) is 85.4 cm³/mol. The van der Waals surface area contributed by atoms with Crippen molar-refractivity contribution >= 4 is 5.82 Å². The normalized spacial score (nSPS) is 17.0. The van der Waals surface area contributed by atoms with Crippen LogP contribution in [-0.4, -0.2) is 16.3 Å². The van der Waals surface area contributed by atoms with Crippen molar-refractivity contribution < 1.29 is 0 Å². The van der Waals surface area contributed by atoms with Gasteiger partial charge in [0.15, 0.2) is 0 Å². The lowest BCUT2D eigenvalue weighted by Crippen LogP contribution is -2.24. The number of hydrogen-bond acceptors (Lipinski definition) is 2. The minimum Gasteiger partial charge on any atom is -0.370 e. The van der Waals surface area contributed by atoms with Gasteiger partial charge in [0.2, 0.25) is 0 Å². The van der Waals surface area contributed by atoms with Gasteiger partial charge in [-0.3, -0.25) is 0 Å². The smallest absolute Gasteiger partial charge is 0.125 e. The fourth-order valence-electron chi connectivity index (χ4n) is 2.96. The summed E-state index contributed by atoms with van der Waals surface area (Å²) in [7, 11) is 0. The van der Waals surface area contributed by atoms with Crippen LogP contribution in [0.1, 0.15) is 18.0 Å². The molecule has 21 heavy (non-hydrogen) atoms. The van der Waals surface area contributed by atoms with Gasteiger partial charge in [-0.05, 0) is 12.0 Å². The molecule has 0 saturated heterocycles.